The van der Waals surface area contributed by atoms with Crippen molar-refractivity contribution in [3.05, 3.63) is 0 Å². The lowest BCUT2D eigenvalue weighted by molar-refractivity contribution is 0.102. The second kappa shape index (κ2) is 6.62. The zero-order valence-corrected chi connectivity index (χ0v) is 13.2. The molecule has 0 spiro atoms. The number of hydrogen-bond donors (Lipinski definition) is 1. The van der Waals surface area contributed by atoms with Crippen molar-refractivity contribution in [2.24, 2.45) is 11.3 Å². The SMILES string of the molecule is CCC1CN(CC(C)(C)C2CCCNC2)CCS1. The second-order valence-corrected chi connectivity index (χ2v) is 8.08. The van der Waals surface area contributed by atoms with Crippen LogP contribution in [-0.2, 0) is 0 Å². The Kier molecular flexibility index (Phi) is 5.40. The largest absolute Gasteiger partial charge is 0.316 e. The third-order valence-electron chi connectivity index (χ3n) is 4.71. The molecule has 106 valence electrons. The van der Waals surface area contributed by atoms with Gasteiger partial charge in [0.25, 0.3) is 0 Å². The second-order valence-electron chi connectivity index (χ2n) is 6.67. The van der Waals surface area contributed by atoms with Gasteiger partial charge in [0.15, 0.2) is 0 Å². The molecule has 2 aliphatic heterocycles. The first-order valence-corrected chi connectivity index (χ1v) is 8.71. The Morgan fingerprint density at radius 2 is 2.22 bits per heavy atom. The van der Waals surface area contributed by atoms with E-state index in [-0.39, 0.29) is 0 Å². The van der Waals surface area contributed by atoms with Gasteiger partial charge in [0.05, 0.1) is 0 Å². The number of rotatable bonds is 4. The Morgan fingerprint density at radius 3 is 2.89 bits per heavy atom. The van der Waals surface area contributed by atoms with Crippen molar-refractivity contribution in [2.75, 3.05) is 38.5 Å². The average Bonchev–Trinajstić information content (AvgIpc) is 2.39. The molecule has 18 heavy (non-hydrogen) atoms. The first-order valence-electron chi connectivity index (χ1n) is 7.66. The number of nitrogens with zero attached hydrogens (tertiary/aromatic N) is 1. The summed E-state index contributed by atoms with van der Waals surface area (Å²) in [4.78, 5) is 2.72. The summed E-state index contributed by atoms with van der Waals surface area (Å²) in [6.45, 7) is 13.6. The zero-order valence-electron chi connectivity index (χ0n) is 12.4. The van der Waals surface area contributed by atoms with Crippen LogP contribution < -0.4 is 5.32 Å². The summed E-state index contributed by atoms with van der Waals surface area (Å²) in [6, 6.07) is 0. The minimum atomic E-state index is 0.466. The highest BCUT2D eigenvalue weighted by molar-refractivity contribution is 8.00. The molecular weight excluding hydrogens is 240 g/mol. The molecule has 2 saturated heterocycles. The molecule has 0 aliphatic carbocycles. The van der Waals surface area contributed by atoms with E-state index >= 15 is 0 Å². The molecule has 0 bridgehead atoms. The van der Waals surface area contributed by atoms with E-state index in [0.717, 1.165) is 11.2 Å². The highest BCUT2D eigenvalue weighted by Crippen LogP contribution is 2.34. The van der Waals surface area contributed by atoms with Gasteiger partial charge in [0.1, 0.15) is 0 Å². The molecule has 0 amide bonds. The standard InChI is InChI=1S/C15H30N2S/c1-4-14-11-17(8-9-18-14)12-15(2,3)13-6-5-7-16-10-13/h13-14,16H,4-12H2,1-3H3. The number of hydrogen-bond acceptors (Lipinski definition) is 3. The first-order chi connectivity index (χ1) is 8.62. The van der Waals surface area contributed by atoms with E-state index < -0.39 is 0 Å². The van der Waals surface area contributed by atoms with Crippen LogP contribution in [-0.4, -0.2) is 48.6 Å². The van der Waals surface area contributed by atoms with Crippen LogP contribution in [0.2, 0.25) is 0 Å². The zero-order chi connectivity index (χ0) is 13.0. The maximum Gasteiger partial charge on any atom is 0.0172 e. The fourth-order valence-electron chi connectivity index (χ4n) is 3.40. The van der Waals surface area contributed by atoms with E-state index in [1.165, 1.54) is 57.7 Å². The van der Waals surface area contributed by atoms with Gasteiger partial charge in [0.2, 0.25) is 0 Å². The molecule has 3 heteroatoms. The molecule has 2 nitrogen and oxygen atoms in total. The van der Waals surface area contributed by atoms with Crippen LogP contribution in [0.4, 0.5) is 0 Å². The van der Waals surface area contributed by atoms with Crippen LogP contribution in [0.3, 0.4) is 0 Å². The van der Waals surface area contributed by atoms with Gasteiger partial charge >= 0.3 is 0 Å². The molecule has 0 aromatic heterocycles. The van der Waals surface area contributed by atoms with Crippen molar-refractivity contribution in [3.63, 3.8) is 0 Å². The van der Waals surface area contributed by atoms with E-state index in [1.54, 1.807) is 0 Å². The maximum absolute atomic E-state index is 3.58. The molecule has 0 aromatic rings. The van der Waals surface area contributed by atoms with Gasteiger partial charge < -0.3 is 10.2 Å². The van der Waals surface area contributed by atoms with Crippen LogP contribution in [0.25, 0.3) is 0 Å². The van der Waals surface area contributed by atoms with E-state index in [2.05, 4.69) is 42.7 Å². The van der Waals surface area contributed by atoms with Crippen molar-refractivity contribution in [2.45, 2.75) is 45.3 Å². The van der Waals surface area contributed by atoms with Gasteiger partial charge in [0, 0.05) is 30.6 Å². The van der Waals surface area contributed by atoms with Crippen molar-refractivity contribution in [1.29, 1.82) is 0 Å². The van der Waals surface area contributed by atoms with Gasteiger partial charge in [-0.05, 0) is 43.7 Å². The average molecular weight is 270 g/mol. The predicted octanol–water partition coefficient (Wildman–Crippen LogP) is 2.84. The lowest BCUT2D eigenvalue weighted by atomic mass is 9.74. The third-order valence-corrected chi connectivity index (χ3v) is 6.08. The van der Waals surface area contributed by atoms with Crippen LogP contribution in [0.5, 0.6) is 0 Å². The number of piperidine rings is 1. The molecule has 1 N–H and O–H groups in total. The Morgan fingerprint density at radius 1 is 1.39 bits per heavy atom. The smallest absolute Gasteiger partial charge is 0.0172 e. The summed E-state index contributed by atoms with van der Waals surface area (Å²) in [7, 11) is 0. The molecule has 0 aromatic carbocycles. The summed E-state index contributed by atoms with van der Waals surface area (Å²) in [5.74, 6) is 2.19. The minimum absolute atomic E-state index is 0.466. The van der Waals surface area contributed by atoms with Gasteiger partial charge in [-0.15, -0.1) is 0 Å². The molecular formula is C15H30N2S. The Hall–Kier alpha value is 0.270. The Labute approximate surface area is 117 Å². The summed E-state index contributed by atoms with van der Waals surface area (Å²) >= 11 is 2.17. The summed E-state index contributed by atoms with van der Waals surface area (Å²) in [6.07, 6.45) is 4.11. The van der Waals surface area contributed by atoms with Crippen LogP contribution in [0, 0.1) is 11.3 Å². The molecule has 2 atom stereocenters. The lowest BCUT2D eigenvalue weighted by Gasteiger charge is -2.43. The highest BCUT2D eigenvalue weighted by Gasteiger charge is 2.33. The highest BCUT2D eigenvalue weighted by atomic mass is 32.2. The van der Waals surface area contributed by atoms with E-state index in [1.807, 2.05) is 0 Å². The predicted molar refractivity (Wildman–Crippen MR) is 82.4 cm³/mol. The van der Waals surface area contributed by atoms with E-state index in [9.17, 15) is 0 Å². The van der Waals surface area contributed by atoms with E-state index in [4.69, 9.17) is 0 Å². The summed E-state index contributed by atoms with van der Waals surface area (Å²) in [5.41, 5.74) is 0.466. The third kappa shape index (κ3) is 3.88. The molecule has 0 saturated carbocycles. The normalized spacial score (nSPS) is 31.5. The van der Waals surface area contributed by atoms with Crippen LogP contribution >= 0.6 is 11.8 Å². The van der Waals surface area contributed by atoms with Crippen LogP contribution in [0.15, 0.2) is 0 Å². The topological polar surface area (TPSA) is 15.3 Å². The van der Waals surface area contributed by atoms with Gasteiger partial charge in [-0.1, -0.05) is 20.8 Å². The monoisotopic (exact) mass is 270 g/mol. The Bertz CT molecular complexity index is 249. The van der Waals surface area contributed by atoms with Gasteiger partial charge in [-0.3, -0.25) is 0 Å². The van der Waals surface area contributed by atoms with Gasteiger partial charge in [-0.2, -0.15) is 11.8 Å². The quantitative estimate of drug-likeness (QED) is 0.846. The van der Waals surface area contributed by atoms with Crippen molar-refractivity contribution in [1.82, 2.24) is 10.2 Å². The minimum Gasteiger partial charge on any atom is -0.316 e. The van der Waals surface area contributed by atoms with Crippen LogP contribution in [0.1, 0.15) is 40.0 Å². The molecule has 2 heterocycles. The van der Waals surface area contributed by atoms with Gasteiger partial charge in [-0.25, -0.2) is 0 Å². The van der Waals surface area contributed by atoms with Crippen molar-refractivity contribution >= 4 is 11.8 Å². The van der Waals surface area contributed by atoms with Crippen molar-refractivity contribution < 1.29 is 0 Å². The lowest BCUT2D eigenvalue weighted by Crippen LogP contribution is -2.48. The summed E-state index contributed by atoms with van der Waals surface area (Å²) in [5, 5.41) is 4.45. The molecule has 0 radical (unpaired) electrons. The van der Waals surface area contributed by atoms with E-state index in [0.29, 0.717) is 5.41 Å². The molecule has 2 rings (SSSR count). The fourth-order valence-corrected chi connectivity index (χ4v) is 4.64. The fraction of sp³-hybridized carbons (Fsp3) is 1.00. The molecule has 2 aliphatic rings. The summed E-state index contributed by atoms with van der Waals surface area (Å²) < 4.78 is 0. The molecule has 2 fully saturated rings. The van der Waals surface area contributed by atoms with Crippen molar-refractivity contribution in [3.8, 4) is 0 Å². The maximum atomic E-state index is 3.58. The first kappa shape index (κ1) is 14.7. The number of thioether (sulfide) groups is 1. The Balaban J connectivity index is 1.86. The number of nitrogens with one attached hydrogen (secondary N) is 1. The molecule has 2 unspecified atom stereocenters.